The highest BCUT2D eigenvalue weighted by atomic mass is 32.2. The van der Waals surface area contributed by atoms with E-state index in [1.807, 2.05) is 30.3 Å². The summed E-state index contributed by atoms with van der Waals surface area (Å²) in [5, 5.41) is 5.85. The van der Waals surface area contributed by atoms with Gasteiger partial charge in [0.05, 0.1) is 41.1 Å². The number of hydrogen-bond donors (Lipinski definition) is 0. The molecule has 0 atom stereocenters. The van der Waals surface area contributed by atoms with E-state index in [4.69, 9.17) is 4.74 Å². The molecule has 1 saturated heterocycles. The second kappa shape index (κ2) is 9.63. The summed E-state index contributed by atoms with van der Waals surface area (Å²) in [5.41, 5.74) is 1.99. The second-order valence-electron chi connectivity index (χ2n) is 7.56. The first-order chi connectivity index (χ1) is 16.5. The molecule has 1 fully saturated rings. The van der Waals surface area contributed by atoms with E-state index in [-0.39, 0.29) is 16.4 Å². The molecule has 174 valence electrons. The first kappa shape index (κ1) is 22.7. The fraction of sp³-hybridized carbons (Fsp3) is 0.217. The van der Waals surface area contributed by atoms with E-state index in [1.165, 1.54) is 34.5 Å². The molecule has 5 rings (SSSR count). The zero-order valence-electron chi connectivity index (χ0n) is 18.1. The van der Waals surface area contributed by atoms with Crippen molar-refractivity contribution in [2.24, 2.45) is 0 Å². The molecular formula is C23H21N5O4S2. The lowest BCUT2D eigenvalue weighted by molar-refractivity contribution is 0.0730. The zero-order valence-corrected chi connectivity index (χ0v) is 19.7. The van der Waals surface area contributed by atoms with Crippen molar-refractivity contribution in [1.82, 2.24) is 24.1 Å². The SMILES string of the molecule is O=C(CSc1ncnc2c1cnn2-c1ccccc1)c1ccc(S(=O)(=O)N2CCOCC2)cc1. The molecule has 2 aromatic heterocycles. The van der Waals surface area contributed by atoms with Crippen LogP contribution >= 0.6 is 11.8 Å². The van der Waals surface area contributed by atoms with Crippen LogP contribution in [-0.2, 0) is 14.8 Å². The number of carbonyl (C=O) groups is 1. The van der Waals surface area contributed by atoms with Gasteiger partial charge in [0.15, 0.2) is 11.4 Å². The Morgan fingerprint density at radius 3 is 2.47 bits per heavy atom. The van der Waals surface area contributed by atoms with Gasteiger partial charge in [-0.05, 0) is 24.3 Å². The molecule has 1 aliphatic heterocycles. The fourth-order valence-electron chi connectivity index (χ4n) is 3.66. The van der Waals surface area contributed by atoms with Gasteiger partial charge in [-0.3, -0.25) is 4.79 Å². The van der Waals surface area contributed by atoms with Gasteiger partial charge < -0.3 is 4.74 Å². The van der Waals surface area contributed by atoms with E-state index >= 15 is 0 Å². The van der Waals surface area contributed by atoms with Crippen LogP contribution in [0, 0.1) is 0 Å². The maximum absolute atomic E-state index is 12.8. The average molecular weight is 496 g/mol. The van der Waals surface area contributed by atoms with Crippen molar-refractivity contribution in [3.05, 3.63) is 72.7 Å². The van der Waals surface area contributed by atoms with Gasteiger partial charge in [0, 0.05) is 18.7 Å². The predicted molar refractivity (Wildman–Crippen MR) is 128 cm³/mol. The topological polar surface area (TPSA) is 107 Å². The molecule has 0 bridgehead atoms. The summed E-state index contributed by atoms with van der Waals surface area (Å²) >= 11 is 1.30. The number of benzene rings is 2. The van der Waals surface area contributed by atoms with Crippen molar-refractivity contribution in [2.45, 2.75) is 9.92 Å². The molecule has 0 saturated carbocycles. The average Bonchev–Trinajstić information content (AvgIpc) is 3.33. The van der Waals surface area contributed by atoms with Gasteiger partial charge in [-0.2, -0.15) is 9.40 Å². The van der Waals surface area contributed by atoms with Crippen LogP contribution in [-0.4, -0.2) is 70.3 Å². The fourth-order valence-corrected chi connectivity index (χ4v) is 5.93. The Balaban J connectivity index is 1.30. The number of rotatable bonds is 7. The largest absolute Gasteiger partial charge is 0.379 e. The number of aromatic nitrogens is 4. The highest BCUT2D eigenvalue weighted by molar-refractivity contribution is 8.00. The smallest absolute Gasteiger partial charge is 0.243 e. The molecule has 0 aliphatic carbocycles. The summed E-state index contributed by atoms with van der Waals surface area (Å²) in [5.74, 6) is 0.0283. The summed E-state index contributed by atoms with van der Waals surface area (Å²) < 4.78 is 33.9. The van der Waals surface area contributed by atoms with Gasteiger partial charge in [0.25, 0.3) is 0 Å². The quantitative estimate of drug-likeness (QED) is 0.219. The number of nitrogens with zero attached hydrogens (tertiary/aromatic N) is 5. The molecule has 4 aromatic rings. The van der Waals surface area contributed by atoms with Crippen molar-refractivity contribution >= 4 is 38.6 Å². The third-order valence-corrected chi connectivity index (χ3v) is 8.37. The number of ether oxygens (including phenoxy) is 1. The van der Waals surface area contributed by atoms with Crippen LogP contribution in [0.3, 0.4) is 0 Å². The Hall–Kier alpha value is -3.12. The number of hydrogen-bond acceptors (Lipinski definition) is 8. The Kier molecular flexibility index (Phi) is 6.42. The van der Waals surface area contributed by atoms with Crippen molar-refractivity contribution in [2.75, 3.05) is 32.1 Å². The minimum atomic E-state index is -3.59. The van der Waals surface area contributed by atoms with Crippen molar-refractivity contribution in [3.63, 3.8) is 0 Å². The first-order valence-corrected chi connectivity index (χ1v) is 13.0. The number of thioether (sulfide) groups is 1. The molecule has 3 heterocycles. The molecule has 1 aliphatic rings. The van der Waals surface area contributed by atoms with Crippen LogP contribution in [0.2, 0.25) is 0 Å². The molecule has 11 heteroatoms. The second-order valence-corrected chi connectivity index (χ2v) is 10.5. The lowest BCUT2D eigenvalue weighted by Gasteiger charge is -2.26. The number of morpholine rings is 1. The van der Waals surface area contributed by atoms with E-state index in [0.29, 0.717) is 42.5 Å². The zero-order chi connectivity index (χ0) is 23.5. The Morgan fingerprint density at radius 1 is 1.00 bits per heavy atom. The van der Waals surface area contributed by atoms with Crippen LogP contribution in [0.4, 0.5) is 0 Å². The predicted octanol–water partition coefficient (Wildman–Crippen LogP) is 2.81. The Bertz CT molecular complexity index is 1420. The molecule has 0 unspecified atom stereocenters. The van der Waals surface area contributed by atoms with Crippen molar-refractivity contribution in [3.8, 4) is 5.69 Å². The van der Waals surface area contributed by atoms with Gasteiger partial charge in [-0.1, -0.05) is 42.1 Å². The van der Waals surface area contributed by atoms with Gasteiger partial charge in [0.1, 0.15) is 11.4 Å². The summed E-state index contributed by atoms with van der Waals surface area (Å²) in [6.45, 7) is 1.42. The van der Waals surface area contributed by atoms with Gasteiger partial charge in [0.2, 0.25) is 10.0 Å². The highest BCUT2D eigenvalue weighted by Crippen LogP contribution is 2.27. The number of carbonyl (C=O) groups excluding carboxylic acids is 1. The standard InChI is InChI=1S/C23H21N5O4S2/c29-21(17-6-8-19(9-7-17)34(30,31)27-10-12-32-13-11-27)15-33-23-20-14-26-28(22(20)24-16-25-23)18-4-2-1-3-5-18/h1-9,14,16H,10-13,15H2. The van der Waals surface area contributed by atoms with E-state index in [9.17, 15) is 13.2 Å². The van der Waals surface area contributed by atoms with Gasteiger partial charge in [-0.25, -0.2) is 23.1 Å². The Morgan fingerprint density at radius 2 is 1.74 bits per heavy atom. The molecule has 0 N–H and O–H groups in total. The summed E-state index contributed by atoms with van der Waals surface area (Å²) in [6, 6.07) is 15.7. The molecule has 0 spiro atoms. The third-order valence-electron chi connectivity index (χ3n) is 5.45. The van der Waals surface area contributed by atoms with Gasteiger partial charge in [-0.15, -0.1) is 0 Å². The number of fused-ring (bicyclic) bond motifs is 1. The lowest BCUT2D eigenvalue weighted by Crippen LogP contribution is -2.40. The maximum Gasteiger partial charge on any atom is 0.243 e. The number of para-hydroxylation sites is 1. The van der Waals surface area contributed by atoms with Crippen LogP contribution in [0.5, 0.6) is 0 Å². The van der Waals surface area contributed by atoms with Gasteiger partial charge >= 0.3 is 0 Å². The highest BCUT2D eigenvalue weighted by Gasteiger charge is 2.26. The molecule has 0 amide bonds. The van der Waals surface area contributed by atoms with Crippen molar-refractivity contribution < 1.29 is 17.9 Å². The van der Waals surface area contributed by atoms with E-state index in [2.05, 4.69) is 15.1 Å². The summed E-state index contributed by atoms with van der Waals surface area (Å²) in [4.78, 5) is 21.6. The number of Topliss-reactive ketones (excluding diaryl/α,β-unsaturated/α-hetero) is 1. The summed E-state index contributed by atoms with van der Waals surface area (Å²) in [7, 11) is -3.59. The van der Waals surface area contributed by atoms with E-state index in [1.54, 1.807) is 23.0 Å². The number of ketones is 1. The maximum atomic E-state index is 12.8. The van der Waals surface area contributed by atoms with E-state index < -0.39 is 10.0 Å². The normalized spacial score (nSPS) is 14.9. The van der Waals surface area contributed by atoms with Crippen LogP contribution in [0.15, 0.2) is 77.0 Å². The molecule has 9 nitrogen and oxygen atoms in total. The number of sulfonamides is 1. The Labute approximate surface area is 200 Å². The molecular weight excluding hydrogens is 474 g/mol. The third kappa shape index (κ3) is 4.47. The van der Waals surface area contributed by atoms with Crippen molar-refractivity contribution in [1.29, 1.82) is 0 Å². The minimum Gasteiger partial charge on any atom is -0.379 e. The molecule has 2 aromatic carbocycles. The summed E-state index contributed by atoms with van der Waals surface area (Å²) in [6.07, 6.45) is 3.15. The molecule has 0 radical (unpaired) electrons. The monoisotopic (exact) mass is 495 g/mol. The minimum absolute atomic E-state index is 0.123. The van der Waals surface area contributed by atoms with Crippen LogP contribution < -0.4 is 0 Å². The van der Waals surface area contributed by atoms with Crippen LogP contribution in [0.1, 0.15) is 10.4 Å². The van der Waals surface area contributed by atoms with E-state index in [0.717, 1.165) is 11.1 Å². The first-order valence-electron chi connectivity index (χ1n) is 10.6. The lowest BCUT2D eigenvalue weighted by atomic mass is 10.1. The van der Waals surface area contributed by atoms with Crippen LogP contribution in [0.25, 0.3) is 16.7 Å². The molecule has 34 heavy (non-hydrogen) atoms.